The Hall–Kier alpha value is -1.61. The summed E-state index contributed by atoms with van der Waals surface area (Å²) in [5, 5.41) is 11.4. The number of rotatable bonds is 8. The van der Waals surface area contributed by atoms with E-state index in [0.717, 1.165) is 50.2 Å². The van der Waals surface area contributed by atoms with Crippen molar-refractivity contribution >= 4 is 29.9 Å². The lowest BCUT2D eigenvalue weighted by molar-refractivity contribution is 0.185. The number of benzene rings is 1. The third-order valence-corrected chi connectivity index (χ3v) is 6.00. The number of nitrogens with zero attached hydrogens (tertiary/aromatic N) is 4. The highest BCUT2D eigenvalue weighted by atomic mass is 127. The number of halogens is 1. The molecule has 1 aliphatic heterocycles. The Kier molecular flexibility index (Phi) is 10.8. The van der Waals surface area contributed by atoms with Gasteiger partial charge in [0.1, 0.15) is 0 Å². The van der Waals surface area contributed by atoms with E-state index in [1.807, 2.05) is 14.0 Å². The molecule has 1 saturated heterocycles. The molecule has 1 fully saturated rings. The van der Waals surface area contributed by atoms with Gasteiger partial charge in [0, 0.05) is 38.9 Å². The summed E-state index contributed by atoms with van der Waals surface area (Å²) >= 11 is 0. The first-order valence-corrected chi connectivity index (χ1v) is 11.3. The van der Waals surface area contributed by atoms with Crippen LogP contribution < -0.4 is 10.6 Å². The van der Waals surface area contributed by atoms with Crippen LogP contribution >= 0.6 is 24.0 Å². The molecule has 0 saturated carbocycles. The Morgan fingerprint density at radius 3 is 2.48 bits per heavy atom. The van der Waals surface area contributed by atoms with E-state index in [0.29, 0.717) is 0 Å². The third-order valence-electron chi connectivity index (χ3n) is 6.00. The molecule has 0 unspecified atom stereocenters. The van der Waals surface area contributed by atoms with Crippen molar-refractivity contribution in [2.45, 2.75) is 59.7 Å². The van der Waals surface area contributed by atoms with Gasteiger partial charge in [0.2, 0.25) is 0 Å². The maximum absolute atomic E-state index is 4.52. The van der Waals surface area contributed by atoms with Crippen molar-refractivity contribution in [3.8, 4) is 0 Å². The fraction of sp³-hybridized carbons (Fsp3) is 0.583. The topological polar surface area (TPSA) is 57.5 Å². The van der Waals surface area contributed by atoms with Crippen LogP contribution in [0.25, 0.3) is 0 Å². The van der Waals surface area contributed by atoms with Crippen molar-refractivity contribution in [2.24, 2.45) is 10.9 Å². The molecule has 0 aliphatic carbocycles. The van der Waals surface area contributed by atoms with Gasteiger partial charge in [0.15, 0.2) is 5.96 Å². The molecule has 1 aliphatic rings. The minimum absolute atomic E-state index is 0. The summed E-state index contributed by atoms with van der Waals surface area (Å²) in [6.07, 6.45) is 3.63. The Morgan fingerprint density at radius 1 is 1.13 bits per heavy atom. The molecular weight excluding hydrogens is 499 g/mol. The molecule has 0 amide bonds. The molecule has 1 aromatic heterocycles. The lowest BCUT2D eigenvalue weighted by Crippen LogP contribution is -2.38. The maximum Gasteiger partial charge on any atom is 0.191 e. The number of aromatic nitrogens is 2. The standard InChI is InChI=1S/C24H38N6.HI/c1-19-10-14-29(15-11-19)18-23-9-6-5-8-22(23)17-27-24(25-4)26-12-7-13-30-21(3)16-20(2)28-30;/h5-6,8-9,16,19H,7,10-15,17-18H2,1-4H3,(H2,25,26,27);1H. The van der Waals surface area contributed by atoms with E-state index in [-0.39, 0.29) is 24.0 Å². The highest BCUT2D eigenvalue weighted by Crippen LogP contribution is 2.19. The molecule has 6 nitrogen and oxygen atoms in total. The van der Waals surface area contributed by atoms with Gasteiger partial charge < -0.3 is 10.6 Å². The van der Waals surface area contributed by atoms with Crippen LogP contribution in [0.2, 0.25) is 0 Å². The fourth-order valence-corrected chi connectivity index (χ4v) is 4.08. The molecule has 7 heteroatoms. The van der Waals surface area contributed by atoms with Gasteiger partial charge in [-0.15, -0.1) is 24.0 Å². The van der Waals surface area contributed by atoms with Crippen LogP contribution in [0.3, 0.4) is 0 Å². The van der Waals surface area contributed by atoms with Crippen molar-refractivity contribution < 1.29 is 0 Å². The Balaban J connectivity index is 0.00000341. The Morgan fingerprint density at radius 2 is 1.84 bits per heavy atom. The number of nitrogens with one attached hydrogen (secondary N) is 2. The van der Waals surface area contributed by atoms with Gasteiger partial charge >= 0.3 is 0 Å². The fourth-order valence-electron chi connectivity index (χ4n) is 4.08. The lowest BCUT2D eigenvalue weighted by atomic mass is 9.98. The van der Waals surface area contributed by atoms with Crippen molar-refractivity contribution in [3.63, 3.8) is 0 Å². The number of hydrogen-bond donors (Lipinski definition) is 2. The van der Waals surface area contributed by atoms with Crippen molar-refractivity contribution in [2.75, 3.05) is 26.7 Å². The van der Waals surface area contributed by atoms with Crippen LogP contribution in [0.5, 0.6) is 0 Å². The molecule has 0 atom stereocenters. The van der Waals surface area contributed by atoms with E-state index in [1.165, 1.54) is 42.8 Å². The zero-order valence-electron chi connectivity index (χ0n) is 19.5. The van der Waals surface area contributed by atoms with E-state index < -0.39 is 0 Å². The largest absolute Gasteiger partial charge is 0.356 e. The van der Waals surface area contributed by atoms with E-state index in [4.69, 9.17) is 0 Å². The summed E-state index contributed by atoms with van der Waals surface area (Å²) < 4.78 is 2.07. The smallest absolute Gasteiger partial charge is 0.191 e. The van der Waals surface area contributed by atoms with Crippen molar-refractivity contribution in [3.05, 3.63) is 52.8 Å². The quantitative estimate of drug-likeness (QED) is 0.230. The second-order valence-corrected chi connectivity index (χ2v) is 8.58. The molecular formula is C24H39IN6. The summed E-state index contributed by atoms with van der Waals surface area (Å²) in [6, 6.07) is 10.9. The zero-order chi connectivity index (χ0) is 21.3. The first-order chi connectivity index (χ1) is 14.5. The average Bonchev–Trinajstić information content (AvgIpc) is 3.07. The molecule has 0 radical (unpaired) electrons. The van der Waals surface area contributed by atoms with Crippen LogP contribution in [0.1, 0.15) is 48.7 Å². The monoisotopic (exact) mass is 538 g/mol. The predicted octanol–water partition coefficient (Wildman–Crippen LogP) is 4.11. The predicted molar refractivity (Wildman–Crippen MR) is 140 cm³/mol. The summed E-state index contributed by atoms with van der Waals surface area (Å²) in [4.78, 5) is 6.97. The van der Waals surface area contributed by atoms with E-state index in [2.05, 4.69) is 74.5 Å². The van der Waals surface area contributed by atoms with Crippen LogP contribution in [0.4, 0.5) is 0 Å². The number of aryl methyl sites for hydroxylation is 3. The minimum Gasteiger partial charge on any atom is -0.356 e. The first-order valence-electron chi connectivity index (χ1n) is 11.3. The number of aliphatic imine (C=N–C) groups is 1. The van der Waals surface area contributed by atoms with Gasteiger partial charge in [0.25, 0.3) is 0 Å². The second-order valence-electron chi connectivity index (χ2n) is 8.58. The summed E-state index contributed by atoms with van der Waals surface area (Å²) in [7, 11) is 1.83. The Labute approximate surface area is 204 Å². The van der Waals surface area contributed by atoms with Crippen molar-refractivity contribution in [1.29, 1.82) is 0 Å². The van der Waals surface area contributed by atoms with Crippen LogP contribution in [0.15, 0.2) is 35.3 Å². The molecule has 0 bridgehead atoms. The van der Waals surface area contributed by atoms with Gasteiger partial charge in [-0.1, -0.05) is 31.2 Å². The average molecular weight is 539 g/mol. The molecule has 2 aromatic rings. The van der Waals surface area contributed by atoms with Crippen LogP contribution in [0, 0.1) is 19.8 Å². The molecule has 31 heavy (non-hydrogen) atoms. The van der Waals surface area contributed by atoms with Crippen molar-refractivity contribution in [1.82, 2.24) is 25.3 Å². The zero-order valence-corrected chi connectivity index (χ0v) is 21.9. The van der Waals surface area contributed by atoms with E-state index in [9.17, 15) is 0 Å². The summed E-state index contributed by atoms with van der Waals surface area (Å²) in [5.41, 5.74) is 5.06. The number of piperidine rings is 1. The molecule has 2 heterocycles. The van der Waals surface area contributed by atoms with Crippen LogP contribution in [-0.2, 0) is 19.6 Å². The molecule has 1 aromatic carbocycles. The number of guanidine groups is 1. The second kappa shape index (κ2) is 13.1. The first kappa shape index (κ1) is 25.6. The molecule has 2 N–H and O–H groups in total. The Bertz CT molecular complexity index is 823. The molecule has 172 valence electrons. The number of hydrogen-bond acceptors (Lipinski definition) is 3. The SMILES string of the molecule is CN=C(NCCCn1nc(C)cc1C)NCc1ccccc1CN1CCC(C)CC1.I. The minimum atomic E-state index is 0. The van der Waals surface area contributed by atoms with Gasteiger partial charge in [-0.3, -0.25) is 14.6 Å². The van der Waals surface area contributed by atoms with E-state index in [1.54, 1.807) is 0 Å². The summed E-state index contributed by atoms with van der Waals surface area (Å²) in [6.45, 7) is 12.5. The molecule has 0 spiro atoms. The maximum atomic E-state index is 4.52. The normalized spacial score (nSPS) is 15.5. The van der Waals surface area contributed by atoms with Gasteiger partial charge in [-0.05, 0) is 69.3 Å². The van der Waals surface area contributed by atoms with Gasteiger partial charge in [0.05, 0.1) is 5.69 Å². The van der Waals surface area contributed by atoms with E-state index >= 15 is 0 Å². The highest BCUT2D eigenvalue weighted by Gasteiger charge is 2.16. The van der Waals surface area contributed by atoms with Crippen LogP contribution in [-0.4, -0.2) is 47.3 Å². The number of likely N-dealkylation sites (tertiary alicyclic amines) is 1. The van der Waals surface area contributed by atoms with Gasteiger partial charge in [-0.25, -0.2) is 0 Å². The molecule has 3 rings (SSSR count). The third kappa shape index (κ3) is 8.11. The van der Waals surface area contributed by atoms with Gasteiger partial charge in [-0.2, -0.15) is 5.10 Å². The summed E-state index contributed by atoms with van der Waals surface area (Å²) in [5.74, 6) is 1.72. The lowest BCUT2D eigenvalue weighted by Gasteiger charge is -2.30. The highest BCUT2D eigenvalue weighted by molar-refractivity contribution is 14.0.